The van der Waals surface area contributed by atoms with Gasteiger partial charge in [-0.2, -0.15) is 0 Å². The molecule has 0 aliphatic carbocycles. The SMILES string of the molecule is Cc1cc(CC(=O)NCCCCNc2cccc3c2C(=O)N(C2CCC(=O)NC2=O)C3=O)on1. The summed E-state index contributed by atoms with van der Waals surface area (Å²) in [5, 5.41) is 11.9. The molecule has 1 aromatic carbocycles. The number of anilines is 1. The van der Waals surface area contributed by atoms with Crippen molar-refractivity contribution < 1.29 is 28.5 Å². The van der Waals surface area contributed by atoms with Gasteiger partial charge in [-0.15, -0.1) is 0 Å². The number of rotatable bonds is 9. The van der Waals surface area contributed by atoms with Gasteiger partial charge in [-0.3, -0.25) is 34.2 Å². The smallest absolute Gasteiger partial charge is 0.264 e. The molecule has 178 valence electrons. The summed E-state index contributed by atoms with van der Waals surface area (Å²) in [6, 6.07) is 5.65. The second-order valence-corrected chi connectivity index (χ2v) is 8.27. The van der Waals surface area contributed by atoms with Gasteiger partial charge in [0.2, 0.25) is 17.7 Å². The Labute approximate surface area is 195 Å². The van der Waals surface area contributed by atoms with Crippen LogP contribution in [0.15, 0.2) is 28.8 Å². The number of carbonyl (C=O) groups excluding carboxylic acids is 5. The Morgan fingerprint density at radius 1 is 1.18 bits per heavy atom. The van der Waals surface area contributed by atoms with E-state index in [1.165, 1.54) is 0 Å². The van der Waals surface area contributed by atoms with E-state index in [4.69, 9.17) is 4.52 Å². The van der Waals surface area contributed by atoms with Crippen LogP contribution in [-0.4, -0.2) is 58.7 Å². The first kappa shape index (κ1) is 23.1. The van der Waals surface area contributed by atoms with E-state index >= 15 is 0 Å². The lowest BCUT2D eigenvalue weighted by atomic mass is 10.0. The largest absolute Gasteiger partial charge is 0.384 e. The van der Waals surface area contributed by atoms with Gasteiger partial charge in [0.15, 0.2) is 0 Å². The highest BCUT2D eigenvalue weighted by Crippen LogP contribution is 2.32. The number of carbonyl (C=O) groups is 5. The third-order valence-corrected chi connectivity index (χ3v) is 5.72. The second-order valence-electron chi connectivity index (χ2n) is 8.27. The van der Waals surface area contributed by atoms with Gasteiger partial charge >= 0.3 is 0 Å². The van der Waals surface area contributed by atoms with E-state index in [1.54, 1.807) is 31.2 Å². The molecule has 5 amide bonds. The molecule has 11 heteroatoms. The number of benzene rings is 1. The Morgan fingerprint density at radius 3 is 2.71 bits per heavy atom. The van der Waals surface area contributed by atoms with Gasteiger partial charge in [-0.05, 0) is 38.3 Å². The number of imide groups is 2. The second kappa shape index (κ2) is 9.86. The molecular formula is C23H25N5O6. The van der Waals surface area contributed by atoms with Crippen molar-refractivity contribution in [3.8, 4) is 0 Å². The van der Waals surface area contributed by atoms with Crippen LogP contribution in [0.25, 0.3) is 0 Å². The molecule has 2 aromatic rings. The maximum atomic E-state index is 13.1. The Hall–Kier alpha value is -4.02. The minimum atomic E-state index is -0.998. The predicted molar refractivity (Wildman–Crippen MR) is 119 cm³/mol. The number of hydrogen-bond acceptors (Lipinski definition) is 8. The number of hydrogen-bond donors (Lipinski definition) is 3. The molecular weight excluding hydrogens is 442 g/mol. The van der Waals surface area contributed by atoms with E-state index in [9.17, 15) is 24.0 Å². The van der Waals surface area contributed by atoms with Crippen molar-refractivity contribution in [2.45, 2.75) is 45.1 Å². The summed E-state index contributed by atoms with van der Waals surface area (Å²) in [6.45, 7) is 2.80. The molecule has 0 saturated carbocycles. The minimum absolute atomic E-state index is 0.0729. The van der Waals surface area contributed by atoms with Gasteiger partial charge in [0, 0.05) is 31.3 Å². The minimum Gasteiger partial charge on any atom is -0.384 e. The van der Waals surface area contributed by atoms with Crippen molar-refractivity contribution in [1.29, 1.82) is 0 Å². The Morgan fingerprint density at radius 2 is 1.97 bits per heavy atom. The summed E-state index contributed by atoms with van der Waals surface area (Å²) >= 11 is 0. The topological polar surface area (TPSA) is 151 Å². The van der Waals surface area contributed by atoms with Crippen molar-refractivity contribution in [3.05, 3.63) is 46.8 Å². The van der Waals surface area contributed by atoms with Gasteiger partial charge in [0.25, 0.3) is 11.8 Å². The molecule has 11 nitrogen and oxygen atoms in total. The fraction of sp³-hybridized carbons (Fsp3) is 0.391. The molecule has 34 heavy (non-hydrogen) atoms. The van der Waals surface area contributed by atoms with Crippen molar-refractivity contribution in [2.24, 2.45) is 0 Å². The van der Waals surface area contributed by atoms with Crippen LogP contribution in [0.4, 0.5) is 5.69 Å². The van der Waals surface area contributed by atoms with E-state index in [2.05, 4.69) is 21.1 Å². The molecule has 1 unspecified atom stereocenters. The summed E-state index contributed by atoms with van der Waals surface area (Å²) < 4.78 is 5.03. The van der Waals surface area contributed by atoms with Crippen molar-refractivity contribution in [2.75, 3.05) is 18.4 Å². The highest BCUT2D eigenvalue weighted by Gasteiger charge is 2.45. The summed E-state index contributed by atoms with van der Waals surface area (Å²) in [7, 11) is 0. The lowest BCUT2D eigenvalue weighted by Gasteiger charge is -2.27. The molecule has 0 spiro atoms. The van der Waals surface area contributed by atoms with Crippen molar-refractivity contribution in [3.63, 3.8) is 0 Å². The zero-order valence-electron chi connectivity index (χ0n) is 18.7. The molecule has 1 atom stereocenters. The zero-order valence-corrected chi connectivity index (χ0v) is 18.7. The number of amides is 5. The van der Waals surface area contributed by atoms with Gasteiger partial charge in [0.1, 0.15) is 11.8 Å². The van der Waals surface area contributed by atoms with E-state index in [1.807, 2.05) is 0 Å². The maximum Gasteiger partial charge on any atom is 0.264 e. The van der Waals surface area contributed by atoms with Crippen LogP contribution < -0.4 is 16.0 Å². The Bertz CT molecular complexity index is 1160. The number of aromatic nitrogens is 1. The molecule has 0 radical (unpaired) electrons. The van der Waals surface area contributed by atoms with Crippen LogP contribution in [0.3, 0.4) is 0 Å². The average molecular weight is 467 g/mol. The van der Waals surface area contributed by atoms with Gasteiger partial charge in [-0.1, -0.05) is 11.2 Å². The lowest BCUT2D eigenvalue weighted by Crippen LogP contribution is -2.54. The fourth-order valence-corrected chi connectivity index (χ4v) is 4.08. The lowest BCUT2D eigenvalue weighted by molar-refractivity contribution is -0.136. The van der Waals surface area contributed by atoms with Crippen molar-refractivity contribution >= 4 is 35.2 Å². The monoisotopic (exact) mass is 467 g/mol. The first-order valence-corrected chi connectivity index (χ1v) is 11.1. The Balaban J connectivity index is 1.28. The van der Waals surface area contributed by atoms with E-state index < -0.39 is 29.7 Å². The maximum absolute atomic E-state index is 13.1. The average Bonchev–Trinajstić information content (AvgIpc) is 3.31. The number of nitrogens with zero attached hydrogens (tertiary/aromatic N) is 2. The summed E-state index contributed by atoms with van der Waals surface area (Å²) in [5.41, 5.74) is 1.69. The number of fused-ring (bicyclic) bond motifs is 1. The molecule has 1 saturated heterocycles. The summed E-state index contributed by atoms with van der Waals surface area (Å²) in [5.74, 6) is -1.77. The van der Waals surface area contributed by atoms with Crippen molar-refractivity contribution in [1.82, 2.24) is 20.7 Å². The first-order chi connectivity index (χ1) is 16.3. The molecule has 2 aliphatic rings. The molecule has 0 bridgehead atoms. The fourth-order valence-electron chi connectivity index (χ4n) is 4.08. The summed E-state index contributed by atoms with van der Waals surface area (Å²) in [6.07, 6.45) is 1.74. The van der Waals surface area contributed by atoms with Gasteiger partial charge in [0.05, 0.1) is 23.2 Å². The number of unbranched alkanes of at least 4 members (excludes halogenated alkanes) is 1. The van der Waals surface area contributed by atoms with Crippen LogP contribution in [-0.2, 0) is 20.8 Å². The highest BCUT2D eigenvalue weighted by atomic mass is 16.5. The molecule has 3 N–H and O–H groups in total. The molecule has 3 heterocycles. The standard InChI is InChI=1S/C23H25N5O6/c1-13-11-14(34-27-13)12-19(30)25-10-3-2-9-24-16-6-4-5-15-20(16)23(33)28(22(15)32)17-7-8-18(29)26-21(17)31/h4-6,11,17,24H,2-3,7-10,12H2,1H3,(H,25,30)(H,26,29,31). The predicted octanol–water partition coefficient (Wildman–Crippen LogP) is 0.935. The number of piperidine rings is 1. The number of nitrogens with one attached hydrogen (secondary N) is 3. The van der Waals surface area contributed by atoms with Crippen LogP contribution in [0.2, 0.25) is 0 Å². The van der Waals surface area contributed by atoms with E-state index in [0.717, 1.165) is 10.6 Å². The first-order valence-electron chi connectivity index (χ1n) is 11.1. The van der Waals surface area contributed by atoms with E-state index in [0.29, 0.717) is 37.4 Å². The summed E-state index contributed by atoms with van der Waals surface area (Å²) in [4.78, 5) is 62.4. The Kier molecular flexibility index (Phi) is 6.71. The van der Waals surface area contributed by atoms with Gasteiger partial charge < -0.3 is 15.2 Å². The normalized spacial score (nSPS) is 17.6. The van der Waals surface area contributed by atoms with E-state index in [-0.39, 0.29) is 36.3 Å². The quantitative estimate of drug-likeness (QED) is 0.364. The zero-order chi connectivity index (χ0) is 24.2. The van der Waals surface area contributed by atoms with Crippen LogP contribution in [0.5, 0.6) is 0 Å². The van der Waals surface area contributed by atoms with Crippen LogP contribution in [0.1, 0.15) is 57.9 Å². The highest BCUT2D eigenvalue weighted by molar-refractivity contribution is 6.25. The third-order valence-electron chi connectivity index (χ3n) is 5.72. The number of aryl methyl sites for hydroxylation is 1. The van der Waals surface area contributed by atoms with Gasteiger partial charge in [-0.25, -0.2) is 0 Å². The molecule has 4 rings (SSSR count). The van der Waals surface area contributed by atoms with Crippen LogP contribution >= 0.6 is 0 Å². The van der Waals surface area contributed by atoms with Crippen LogP contribution in [0, 0.1) is 6.92 Å². The molecule has 1 aromatic heterocycles. The molecule has 1 fully saturated rings. The third kappa shape index (κ3) is 4.82. The molecule has 2 aliphatic heterocycles.